The maximum absolute atomic E-state index is 11.8. The Morgan fingerprint density at radius 1 is 1.09 bits per heavy atom. The van der Waals surface area contributed by atoms with Crippen LogP contribution in [0.25, 0.3) is 17.0 Å². The van der Waals surface area contributed by atoms with Crippen LogP contribution in [0.15, 0.2) is 84.0 Å². The number of benzene rings is 3. The summed E-state index contributed by atoms with van der Waals surface area (Å²) in [5, 5.41) is 22.6. The fraction of sp³-hybridized carbons (Fsp3) is 0.111. The third kappa shape index (κ3) is 4.54. The molecule has 8 heteroatoms. The number of H-pyrrole nitrogens is 1. The molecule has 35 heavy (non-hydrogen) atoms. The number of hydrogen-bond acceptors (Lipinski definition) is 5. The molecular formula is C27H22N4O4. The van der Waals surface area contributed by atoms with E-state index in [4.69, 9.17) is 4.99 Å². The van der Waals surface area contributed by atoms with Gasteiger partial charge in [-0.3, -0.25) is 14.9 Å². The summed E-state index contributed by atoms with van der Waals surface area (Å²) >= 11 is 0. The highest BCUT2D eigenvalue weighted by Crippen LogP contribution is 2.33. The lowest BCUT2D eigenvalue weighted by Crippen LogP contribution is -2.16. The zero-order valence-electron chi connectivity index (χ0n) is 18.7. The Hall–Kier alpha value is -4.72. The number of nitro benzene ring substituents is 1. The van der Waals surface area contributed by atoms with E-state index in [1.165, 1.54) is 12.1 Å². The molecule has 0 unspecified atom stereocenters. The number of aromatic hydroxyl groups is 1. The fourth-order valence-corrected chi connectivity index (χ4v) is 4.17. The molecule has 0 atom stereocenters. The third-order valence-corrected chi connectivity index (χ3v) is 5.95. The second kappa shape index (κ2) is 9.26. The van der Waals surface area contributed by atoms with Crippen molar-refractivity contribution < 1.29 is 14.8 Å². The first-order valence-corrected chi connectivity index (χ1v) is 11.2. The van der Waals surface area contributed by atoms with Crippen LogP contribution in [0, 0.1) is 10.1 Å². The summed E-state index contributed by atoms with van der Waals surface area (Å²) in [6, 6.07) is 21.3. The topological polar surface area (TPSA) is 112 Å². The van der Waals surface area contributed by atoms with Crippen molar-refractivity contribution in [3.05, 3.63) is 106 Å². The molecule has 1 aliphatic heterocycles. The van der Waals surface area contributed by atoms with Gasteiger partial charge in [0.2, 0.25) is 5.91 Å². The SMILES string of the molecule is O=C1CCCN1/C=C/c1ccc(N=C(c2ccccc2)c2c(O)[nH]c3ccc([N+](=O)[O-])cc23)cc1. The number of nitrogens with zero attached hydrogens (tertiary/aromatic N) is 3. The van der Waals surface area contributed by atoms with Crippen molar-refractivity contribution in [2.24, 2.45) is 4.99 Å². The van der Waals surface area contributed by atoms with Crippen molar-refractivity contribution in [2.75, 3.05) is 6.54 Å². The average molecular weight is 466 g/mol. The van der Waals surface area contributed by atoms with Crippen LogP contribution < -0.4 is 0 Å². The van der Waals surface area contributed by atoms with Crippen LogP contribution in [0.4, 0.5) is 11.4 Å². The number of rotatable bonds is 6. The number of carbonyl (C=O) groups is 1. The Morgan fingerprint density at radius 3 is 2.54 bits per heavy atom. The first-order valence-electron chi connectivity index (χ1n) is 11.2. The lowest BCUT2D eigenvalue weighted by Gasteiger charge is -2.09. The molecule has 1 saturated heterocycles. The molecule has 0 saturated carbocycles. The van der Waals surface area contributed by atoms with E-state index in [9.17, 15) is 20.0 Å². The lowest BCUT2D eigenvalue weighted by molar-refractivity contribution is -0.384. The molecule has 1 aliphatic rings. The van der Waals surface area contributed by atoms with E-state index < -0.39 is 4.92 Å². The Morgan fingerprint density at radius 2 is 1.86 bits per heavy atom. The highest BCUT2D eigenvalue weighted by Gasteiger charge is 2.21. The molecule has 1 amide bonds. The summed E-state index contributed by atoms with van der Waals surface area (Å²) in [5.41, 5.74) is 3.72. The first-order chi connectivity index (χ1) is 17.0. The number of non-ortho nitro benzene ring substituents is 1. The van der Waals surface area contributed by atoms with Gasteiger partial charge in [-0.1, -0.05) is 42.5 Å². The van der Waals surface area contributed by atoms with Crippen molar-refractivity contribution in [1.29, 1.82) is 0 Å². The zero-order valence-corrected chi connectivity index (χ0v) is 18.7. The standard InChI is InChI=1S/C27H22N4O4/c32-24-7-4-15-30(24)16-14-18-8-10-20(11-9-18)28-26(19-5-2-1-3-6-19)25-22-17-21(31(34)35)12-13-23(22)29-27(25)33/h1-3,5-6,8-14,16-17,29,33H,4,7,15H2/b16-14+,28-26?. The van der Waals surface area contributed by atoms with E-state index in [1.54, 1.807) is 17.2 Å². The minimum Gasteiger partial charge on any atom is -0.494 e. The molecule has 0 radical (unpaired) electrons. The molecule has 1 fully saturated rings. The first kappa shape index (κ1) is 22.1. The van der Waals surface area contributed by atoms with Crippen molar-refractivity contribution in [1.82, 2.24) is 9.88 Å². The number of fused-ring (bicyclic) bond motifs is 1. The number of nitrogens with one attached hydrogen (secondary N) is 1. The third-order valence-electron chi connectivity index (χ3n) is 5.95. The maximum atomic E-state index is 11.8. The van der Waals surface area contributed by atoms with Crippen LogP contribution in [0.5, 0.6) is 5.88 Å². The number of aliphatic imine (C=N–C) groups is 1. The molecule has 174 valence electrons. The summed E-state index contributed by atoms with van der Waals surface area (Å²) in [5.74, 6) is 0.0201. The minimum atomic E-state index is -0.464. The van der Waals surface area contributed by atoms with Gasteiger partial charge in [-0.25, -0.2) is 4.99 Å². The van der Waals surface area contributed by atoms with Crippen LogP contribution in [0.2, 0.25) is 0 Å². The molecule has 2 N–H and O–H groups in total. The van der Waals surface area contributed by atoms with E-state index >= 15 is 0 Å². The number of amides is 1. The van der Waals surface area contributed by atoms with Gasteiger partial charge in [0.1, 0.15) is 0 Å². The lowest BCUT2D eigenvalue weighted by atomic mass is 10.0. The Balaban J connectivity index is 1.56. The Labute approximate surface area is 201 Å². The molecule has 0 spiro atoms. The number of hydrogen-bond donors (Lipinski definition) is 2. The second-order valence-electron chi connectivity index (χ2n) is 8.26. The van der Waals surface area contributed by atoms with Crippen molar-refractivity contribution in [3.8, 4) is 5.88 Å². The van der Waals surface area contributed by atoms with Gasteiger partial charge in [-0.2, -0.15) is 0 Å². The van der Waals surface area contributed by atoms with E-state index in [2.05, 4.69) is 4.98 Å². The van der Waals surface area contributed by atoms with Gasteiger partial charge >= 0.3 is 0 Å². The second-order valence-corrected chi connectivity index (χ2v) is 8.26. The van der Waals surface area contributed by atoms with E-state index in [0.29, 0.717) is 34.3 Å². The average Bonchev–Trinajstić information content (AvgIpc) is 3.43. The van der Waals surface area contributed by atoms with E-state index in [1.807, 2.05) is 60.7 Å². The maximum Gasteiger partial charge on any atom is 0.270 e. The fourth-order valence-electron chi connectivity index (χ4n) is 4.17. The molecular weight excluding hydrogens is 444 g/mol. The van der Waals surface area contributed by atoms with Crippen LogP contribution in [-0.4, -0.2) is 38.1 Å². The number of aromatic amines is 1. The summed E-state index contributed by atoms with van der Waals surface area (Å²) in [6.45, 7) is 0.740. The molecule has 1 aromatic heterocycles. The quantitative estimate of drug-likeness (QED) is 0.221. The highest BCUT2D eigenvalue weighted by atomic mass is 16.6. The van der Waals surface area contributed by atoms with Gasteiger partial charge in [0.25, 0.3) is 5.69 Å². The van der Waals surface area contributed by atoms with Gasteiger partial charge in [0.05, 0.1) is 21.9 Å². The van der Waals surface area contributed by atoms with Gasteiger partial charge in [0, 0.05) is 47.8 Å². The molecule has 8 nitrogen and oxygen atoms in total. The van der Waals surface area contributed by atoms with Gasteiger partial charge in [0.15, 0.2) is 5.88 Å². The molecule has 2 heterocycles. The van der Waals surface area contributed by atoms with Crippen molar-refractivity contribution in [3.63, 3.8) is 0 Å². The molecule has 0 bridgehead atoms. The number of likely N-dealkylation sites (tertiary alicyclic amines) is 1. The van der Waals surface area contributed by atoms with Gasteiger partial charge in [-0.15, -0.1) is 0 Å². The smallest absolute Gasteiger partial charge is 0.270 e. The molecule has 0 aliphatic carbocycles. The zero-order chi connectivity index (χ0) is 24.4. The number of nitro groups is 1. The van der Waals surface area contributed by atoms with Crippen molar-refractivity contribution >= 4 is 40.0 Å². The largest absolute Gasteiger partial charge is 0.494 e. The monoisotopic (exact) mass is 466 g/mol. The van der Waals surface area contributed by atoms with Crippen LogP contribution in [-0.2, 0) is 4.79 Å². The predicted molar refractivity (Wildman–Crippen MR) is 135 cm³/mol. The van der Waals surface area contributed by atoms with Crippen LogP contribution >= 0.6 is 0 Å². The summed E-state index contributed by atoms with van der Waals surface area (Å²) in [7, 11) is 0. The highest BCUT2D eigenvalue weighted by molar-refractivity contribution is 6.22. The summed E-state index contributed by atoms with van der Waals surface area (Å²) < 4.78 is 0. The van der Waals surface area contributed by atoms with Crippen LogP contribution in [0.1, 0.15) is 29.5 Å². The molecule has 4 aromatic rings. The molecule has 3 aromatic carbocycles. The minimum absolute atomic E-state index is 0.0715. The molecule has 5 rings (SSSR count). The van der Waals surface area contributed by atoms with Gasteiger partial charge in [-0.05, 0) is 36.3 Å². The van der Waals surface area contributed by atoms with E-state index in [-0.39, 0.29) is 17.5 Å². The summed E-state index contributed by atoms with van der Waals surface area (Å²) in [6.07, 6.45) is 5.16. The van der Waals surface area contributed by atoms with Gasteiger partial charge < -0.3 is 15.0 Å². The Bertz CT molecular complexity index is 1470. The number of carbonyl (C=O) groups excluding carboxylic acids is 1. The van der Waals surface area contributed by atoms with Crippen molar-refractivity contribution in [2.45, 2.75) is 12.8 Å². The number of aromatic nitrogens is 1. The normalized spacial score (nSPS) is 14.3. The summed E-state index contributed by atoms with van der Waals surface area (Å²) in [4.78, 5) is 32.1. The van der Waals surface area contributed by atoms with Crippen LogP contribution in [0.3, 0.4) is 0 Å². The predicted octanol–water partition coefficient (Wildman–Crippen LogP) is 5.54. The Kier molecular flexibility index (Phi) is 5.85. The van der Waals surface area contributed by atoms with E-state index in [0.717, 1.165) is 24.1 Å².